The monoisotopic (exact) mass is 315 g/mol. The Morgan fingerprint density at radius 2 is 2.14 bits per heavy atom. The second-order valence-corrected chi connectivity index (χ2v) is 4.93. The number of halogens is 3. The lowest BCUT2D eigenvalue weighted by Crippen LogP contribution is -2.25. The minimum Gasteiger partial charge on any atom is -0.351 e. The van der Waals surface area contributed by atoms with E-state index < -0.39 is 17.8 Å². The summed E-state index contributed by atoms with van der Waals surface area (Å²) in [5.74, 6) is -0.622. The van der Waals surface area contributed by atoms with Crippen molar-refractivity contribution in [1.82, 2.24) is 24.9 Å². The zero-order chi connectivity index (χ0) is 16.3. The largest absolute Gasteiger partial charge is 0.433 e. The summed E-state index contributed by atoms with van der Waals surface area (Å²) in [7, 11) is 1.15. The third kappa shape index (κ3) is 3.86. The van der Waals surface area contributed by atoms with Gasteiger partial charge in [0, 0.05) is 32.4 Å². The quantitative estimate of drug-likeness (QED) is 0.855. The number of hydrogen-bond donors (Lipinski definition) is 1. The summed E-state index contributed by atoms with van der Waals surface area (Å²) < 4.78 is 40.3. The summed E-state index contributed by atoms with van der Waals surface area (Å²) in [5, 5.41) is 10.2. The van der Waals surface area contributed by atoms with Gasteiger partial charge in [-0.25, -0.2) is 0 Å². The predicted octanol–water partition coefficient (Wildman–Crippen LogP) is 1.76. The number of rotatable bonds is 5. The Hall–Kier alpha value is -2.32. The van der Waals surface area contributed by atoms with Crippen LogP contribution in [0, 0.1) is 6.92 Å². The van der Waals surface area contributed by atoms with Crippen LogP contribution in [0.25, 0.3) is 0 Å². The van der Waals surface area contributed by atoms with Gasteiger partial charge in [-0.1, -0.05) is 0 Å². The molecule has 0 unspecified atom stereocenters. The van der Waals surface area contributed by atoms with Crippen molar-refractivity contribution in [2.75, 3.05) is 6.54 Å². The number of amides is 1. The van der Waals surface area contributed by atoms with Gasteiger partial charge in [0.15, 0.2) is 5.69 Å². The number of aromatic nitrogens is 4. The van der Waals surface area contributed by atoms with E-state index in [0.717, 1.165) is 18.7 Å². The van der Waals surface area contributed by atoms with Crippen LogP contribution in [0.15, 0.2) is 18.5 Å². The summed E-state index contributed by atoms with van der Waals surface area (Å²) in [6.45, 7) is 2.87. The minimum atomic E-state index is -4.53. The van der Waals surface area contributed by atoms with Crippen molar-refractivity contribution < 1.29 is 18.0 Å². The first-order chi connectivity index (χ1) is 10.3. The molecule has 2 rings (SSSR count). The first-order valence-electron chi connectivity index (χ1n) is 6.66. The molecule has 0 aromatic carbocycles. The molecule has 1 amide bonds. The number of hydrogen-bond acceptors (Lipinski definition) is 3. The van der Waals surface area contributed by atoms with Crippen LogP contribution in [0.2, 0.25) is 0 Å². The van der Waals surface area contributed by atoms with E-state index in [2.05, 4.69) is 15.5 Å². The van der Waals surface area contributed by atoms with Crippen molar-refractivity contribution in [3.63, 3.8) is 0 Å². The fraction of sp³-hybridized carbons (Fsp3) is 0.462. The molecule has 0 fully saturated rings. The Labute approximate surface area is 124 Å². The number of alkyl halides is 3. The van der Waals surface area contributed by atoms with Crippen LogP contribution < -0.4 is 5.32 Å². The van der Waals surface area contributed by atoms with Gasteiger partial charge in [0.25, 0.3) is 5.91 Å². The van der Waals surface area contributed by atoms with E-state index in [4.69, 9.17) is 0 Å². The van der Waals surface area contributed by atoms with Gasteiger partial charge in [0.2, 0.25) is 0 Å². The van der Waals surface area contributed by atoms with Crippen LogP contribution in [0.5, 0.6) is 0 Å². The third-order valence-electron chi connectivity index (χ3n) is 3.01. The molecular weight excluding hydrogens is 299 g/mol. The van der Waals surface area contributed by atoms with Crippen molar-refractivity contribution in [3.05, 3.63) is 35.4 Å². The molecule has 0 saturated carbocycles. The maximum absolute atomic E-state index is 12.6. The Morgan fingerprint density at radius 1 is 1.41 bits per heavy atom. The summed E-state index contributed by atoms with van der Waals surface area (Å²) in [6, 6.07) is 0.742. The van der Waals surface area contributed by atoms with Gasteiger partial charge in [-0.3, -0.25) is 14.2 Å². The molecule has 6 nitrogen and oxygen atoms in total. The van der Waals surface area contributed by atoms with E-state index >= 15 is 0 Å². The van der Waals surface area contributed by atoms with E-state index in [0.29, 0.717) is 24.2 Å². The third-order valence-corrected chi connectivity index (χ3v) is 3.01. The molecule has 0 aliphatic rings. The molecule has 0 aliphatic carbocycles. The average Bonchev–Trinajstić information content (AvgIpc) is 3.00. The highest BCUT2D eigenvalue weighted by Gasteiger charge is 2.35. The van der Waals surface area contributed by atoms with E-state index in [9.17, 15) is 18.0 Å². The first kappa shape index (κ1) is 16.1. The molecule has 0 radical (unpaired) electrons. The van der Waals surface area contributed by atoms with Gasteiger partial charge in [0.05, 0.1) is 6.20 Å². The van der Waals surface area contributed by atoms with Crippen LogP contribution >= 0.6 is 0 Å². The van der Waals surface area contributed by atoms with Crippen LogP contribution in [0.4, 0.5) is 13.2 Å². The molecular formula is C13H16F3N5O. The molecule has 120 valence electrons. The normalized spacial score (nSPS) is 11.7. The van der Waals surface area contributed by atoms with E-state index in [1.165, 1.54) is 0 Å². The van der Waals surface area contributed by atoms with E-state index in [1.807, 2.05) is 13.1 Å². The van der Waals surface area contributed by atoms with E-state index in [1.54, 1.807) is 10.9 Å². The van der Waals surface area contributed by atoms with Gasteiger partial charge in [0.1, 0.15) is 5.69 Å². The van der Waals surface area contributed by atoms with E-state index in [-0.39, 0.29) is 5.69 Å². The summed E-state index contributed by atoms with van der Waals surface area (Å²) in [4.78, 5) is 11.8. The maximum atomic E-state index is 12.6. The van der Waals surface area contributed by atoms with Crippen molar-refractivity contribution in [2.45, 2.75) is 26.1 Å². The molecule has 1 N–H and O–H groups in total. The Balaban J connectivity index is 1.85. The molecule has 0 atom stereocenters. The summed E-state index contributed by atoms with van der Waals surface area (Å²) >= 11 is 0. The van der Waals surface area contributed by atoms with Gasteiger partial charge >= 0.3 is 6.18 Å². The van der Waals surface area contributed by atoms with Crippen LogP contribution in [0.3, 0.4) is 0 Å². The fourth-order valence-corrected chi connectivity index (χ4v) is 1.97. The molecule has 0 aliphatic heterocycles. The number of nitrogens with one attached hydrogen (secondary N) is 1. The predicted molar refractivity (Wildman–Crippen MR) is 72.1 cm³/mol. The first-order valence-corrected chi connectivity index (χ1v) is 6.66. The lowest BCUT2D eigenvalue weighted by Gasteiger charge is -2.04. The molecule has 2 aromatic heterocycles. The van der Waals surface area contributed by atoms with Crippen molar-refractivity contribution in [3.8, 4) is 0 Å². The van der Waals surface area contributed by atoms with Gasteiger partial charge in [-0.2, -0.15) is 23.4 Å². The SMILES string of the molecule is Cc1cnn(CCCNC(=O)c2cc(C(F)(F)F)n(C)n2)c1. The van der Waals surface area contributed by atoms with Crippen LogP contribution in [-0.4, -0.2) is 32.0 Å². The molecule has 0 bridgehead atoms. The lowest BCUT2D eigenvalue weighted by molar-refractivity contribution is -0.143. The van der Waals surface area contributed by atoms with Crippen molar-refractivity contribution in [1.29, 1.82) is 0 Å². The summed E-state index contributed by atoms with van der Waals surface area (Å²) in [6.07, 6.45) is -0.314. The highest BCUT2D eigenvalue weighted by atomic mass is 19.4. The maximum Gasteiger partial charge on any atom is 0.433 e. The molecule has 0 saturated heterocycles. The molecule has 22 heavy (non-hydrogen) atoms. The molecule has 9 heteroatoms. The van der Waals surface area contributed by atoms with Crippen molar-refractivity contribution >= 4 is 5.91 Å². The Bertz CT molecular complexity index is 659. The highest BCUT2D eigenvalue weighted by Crippen LogP contribution is 2.29. The standard InChI is InChI=1S/C13H16F3N5O/c1-9-7-18-21(8-9)5-3-4-17-12(22)10-6-11(13(14,15)16)20(2)19-10/h6-8H,3-5H2,1-2H3,(H,17,22). The topological polar surface area (TPSA) is 64.7 Å². The van der Waals surface area contributed by atoms with Gasteiger partial charge in [-0.05, 0) is 18.9 Å². The fourth-order valence-electron chi connectivity index (χ4n) is 1.97. The number of carbonyl (C=O) groups is 1. The number of nitrogens with zero attached hydrogens (tertiary/aromatic N) is 4. The smallest absolute Gasteiger partial charge is 0.351 e. The molecule has 2 heterocycles. The highest BCUT2D eigenvalue weighted by molar-refractivity contribution is 5.92. The minimum absolute atomic E-state index is 0.246. The van der Waals surface area contributed by atoms with Crippen LogP contribution in [0.1, 0.15) is 28.2 Å². The average molecular weight is 315 g/mol. The number of carbonyl (C=O) groups excluding carboxylic acids is 1. The zero-order valence-electron chi connectivity index (χ0n) is 12.2. The Morgan fingerprint density at radius 3 is 2.68 bits per heavy atom. The van der Waals surface area contributed by atoms with Gasteiger partial charge < -0.3 is 5.32 Å². The Kier molecular flexibility index (Phi) is 4.53. The summed E-state index contributed by atoms with van der Waals surface area (Å²) in [5.41, 5.74) is -0.161. The van der Waals surface area contributed by atoms with Crippen LogP contribution in [-0.2, 0) is 19.8 Å². The molecule has 2 aromatic rings. The lowest BCUT2D eigenvalue weighted by atomic mass is 10.3. The zero-order valence-corrected chi connectivity index (χ0v) is 12.2. The second-order valence-electron chi connectivity index (χ2n) is 4.93. The molecule has 0 spiro atoms. The van der Waals surface area contributed by atoms with Gasteiger partial charge in [-0.15, -0.1) is 0 Å². The van der Waals surface area contributed by atoms with Crippen molar-refractivity contribution in [2.24, 2.45) is 7.05 Å². The second kappa shape index (κ2) is 6.20. The number of aryl methyl sites for hydroxylation is 3.